The molecule has 1 aliphatic carbocycles. The fourth-order valence-electron chi connectivity index (χ4n) is 3.91. The molecule has 0 spiro atoms. The van der Waals surface area contributed by atoms with Gasteiger partial charge in [0.1, 0.15) is 5.82 Å². The summed E-state index contributed by atoms with van der Waals surface area (Å²) in [4.78, 5) is 18.8. The Balaban J connectivity index is 1.43. The summed E-state index contributed by atoms with van der Waals surface area (Å²) >= 11 is 0. The summed E-state index contributed by atoms with van der Waals surface area (Å²) in [5, 5.41) is 7.03. The number of piperazine rings is 1. The number of pyridine rings is 1. The highest BCUT2D eigenvalue weighted by Gasteiger charge is 2.17. The van der Waals surface area contributed by atoms with E-state index >= 15 is 0 Å². The zero-order valence-electron chi connectivity index (χ0n) is 16.8. The Kier molecular flexibility index (Phi) is 6.34. The molecule has 2 aliphatic rings. The molecule has 0 radical (unpaired) electrons. The number of nitrogens with one attached hydrogen (secondary N) is 2. The van der Waals surface area contributed by atoms with E-state index in [-0.39, 0.29) is 0 Å². The van der Waals surface area contributed by atoms with Gasteiger partial charge in [-0.1, -0.05) is 18.9 Å². The molecular formula is C21H31N7. The van der Waals surface area contributed by atoms with Gasteiger partial charge in [-0.25, -0.2) is 4.98 Å². The second-order valence-corrected chi connectivity index (χ2v) is 7.87. The molecule has 1 saturated heterocycles. The topological polar surface area (TPSA) is 69.2 Å². The molecule has 2 fully saturated rings. The third-order valence-electron chi connectivity index (χ3n) is 5.67. The minimum absolute atomic E-state index is 0.483. The van der Waals surface area contributed by atoms with E-state index in [9.17, 15) is 0 Å². The third kappa shape index (κ3) is 5.17. The van der Waals surface area contributed by atoms with E-state index < -0.39 is 0 Å². The van der Waals surface area contributed by atoms with Crippen molar-refractivity contribution in [3.05, 3.63) is 30.5 Å². The Labute approximate surface area is 167 Å². The van der Waals surface area contributed by atoms with E-state index in [0.29, 0.717) is 12.0 Å². The number of hydrogen-bond acceptors (Lipinski definition) is 7. The Hall–Kier alpha value is -2.25. The van der Waals surface area contributed by atoms with Crippen LogP contribution in [0.4, 0.5) is 11.8 Å². The minimum atomic E-state index is 0.483. The van der Waals surface area contributed by atoms with Gasteiger partial charge in [0.25, 0.3) is 0 Å². The maximum Gasteiger partial charge on any atom is 0.225 e. The number of likely N-dealkylation sites (N-methyl/N-ethyl adjacent to an activating group) is 1. The molecule has 2 aromatic heterocycles. The van der Waals surface area contributed by atoms with Crippen molar-refractivity contribution < 1.29 is 0 Å². The zero-order chi connectivity index (χ0) is 19.2. The predicted octanol–water partition coefficient (Wildman–Crippen LogP) is 2.55. The fraction of sp³-hybridized carbons (Fsp3) is 0.571. The zero-order valence-corrected chi connectivity index (χ0v) is 16.8. The van der Waals surface area contributed by atoms with Crippen LogP contribution < -0.4 is 10.6 Å². The molecule has 0 amide bonds. The molecular weight excluding hydrogens is 350 g/mol. The molecule has 7 heteroatoms. The maximum absolute atomic E-state index is 4.73. The number of hydrogen-bond donors (Lipinski definition) is 2. The quantitative estimate of drug-likeness (QED) is 0.764. The fourth-order valence-corrected chi connectivity index (χ4v) is 3.91. The van der Waals surface area contributed by atoms with Crippen molar-refractivity contribution in [2.24, 2.45) is 0 Å². The Morgan fingerprint density at radius 3 is 2.61 bits per heavy atom. The van der Waals surface area contributed by atoms with Crippen LogP contribution in [0, 0.1) is 0 Å². The molecule has 2 aromatic rings. The van der Waals surface area contributed by atoms with Crippen molar-refractivity contribution in [1.82, 2.24) is 24.8 Å². The normalized spacial score (nSPS) is 19.0. The smallest absolute Gasteiger partial charge is 0.225 e. The molecule has 3 heterocycles. The summed E-state index contributed by atoms with van der Waals surface area (Å²) in [5.41, 5.74) is 1.74. The van der Waals surface area contributed by atoms with Gasteiger partial charge in [-0.3, -0.25) is 9.88 Å². The maximum atomic E-state index is 4.73. The molecule has 0 atom stereocenters. The lowest BCUT2D eigenvalue weighted by molar-refractivity contribution is 0.158. The number of nitrogens with zero attached hydrogens (tertiary/aromatic N) is 5. The summed E-state index contributed by atoms with van der Waals surface area (Å²) < 4.78 is 0. The monoisotopic (exact) mass is 381 g/mol. The van der Waals surface area contributed by atoms with Gasteiger partial charge in [-0.2, -0.15) is 4.98 Å². The summed E-state index contributed by atoms with van der Waals surface area (Å²) in [6.45, 7) is 6.47. The van der Waals surface area contributed by atoms with Crippen LogP contribution in [0.15, 0.2) is 30.5 Å². The van der Waals surface area contributed by atoms with Crippen molar-refractivity contribution in [2.75, 3.05) is 56.9 Å². The van der Waals surface area contributed by atoms with Crippen LogP contribution in [0.5, 0.6) is 0 Å². The highest BCUT2D eigenvalue weighted by molar-refractivity contribution is 5.61. The third-order valence-corrected chi connectivity index (χ3v) is 5.67. The van der Waals surface area contributed by atoms with Crippen LogP contribution in [-0.4, -0.2) is 77.1 Å². The van der Waals surface area contributed by atoms with Crippen molar-refractivity contribution in [3.63, 3.8) is 0 Å². The predicted molar refractivity (Wildman–Crippen MR) is 114 cm³/mol. The van der Waals surface area contributed by atoms with Gasteiger partial charge in [-0.05, 0) is 32.0 Å². The molecule has 28 heavy (non-hydrogen) atoms. The van der Waals surface area contributed by atoms with Crippen LogP contribution in [0.2, 0.25) is 0 Å². The van der Waals surface area contributed by atoms with Gasteiger partial charge in [0.15, 0.2) is 0 Å². The van der Waals surface area contributed by atoms with Gasteiger partial charge in [0, 0.05) is 57.6 Å². The average molecular weight is 382 g/mol. The lowest BCUT2D eigenvalue weighted by Gasteiger charge is -2.32. The van der Waals surface area contributed by atoms with Gasteiger partial charge < -0.3 is 15.5 Å². The van der Waals surface area contributed by atoms with Gasteiger partial charge in [-0.15, -0.1) is 0 Å². The first-order valence-corrected chi connectivity index (χ1v) is 10.5. The summed E-state index contributed by atoms with van der Waals surface area (Å²) in [5.74, 6) is 1.57. The molecule has 2 N–H and O–H groups in total. The molecule has 1 aliphatic heterocycles. The number of anilines is 2. The van der Waals surface area contributed by atoms with Gasteiger partial charge in [0.2, 0.25) is 5.95 Å². The van der Waals surface area contributed by atoms with E-state index in [1.165, 1.54) is 25.7 Å². The Morgan fingerprint density at radius 2 is 1.86 bits per heavy atom. The lowest BCUT2D eigenvalue weighted by Crippen LogP contribution is -2.45. The van der Waals surface area contributed by atoms with Gasteiger partial charge in [0.05, 0.1) is 11.4 Å². The van der Waals surface area contributed by atoms with Crippen molar-refractivity contribution in [2.45, 2.75) is 31.7 Å². The molecule has 150 valence electrons. The molecule has 1 saturated carbocycles. The molecule has 0 unspecified atom stereocenters. The van der Waals surface area contributed by atoms with Crippen LogP contribution in [0.25, 0.3) is 11.4 Å². The number of rotatable bonds is 7. The first-order chi connectivity index (χ1) is 13.8. The van der Waals surface area contributed by atoms with Crippen LogP contribution >= 0.6 is 0 Å². The molecule has 4 rings (SSSR count). The highest BCUT2D eigenvalue weighted by Crippen LogP contribution is 2.24. The first-order valence-electron chi connectivity index (χ1n) is 10.5. The van der Waals surface area contributed by atoms with Crippen LogP contribution in [-0.2, 0) is 0 Å². The van der Waals surface area contributed by atoms with E-state index in [1.807, 2.05) is 30.5 Å². The highest BCUT2D eigenvalue weighted by atomic mass is 15.3. The number of aromatic nitrogens is 3. The summed E-state index contributed by atoms with van der Waals surface area (Å²) in [6, 6.07) is 8.41. The average Bonchev–Trinajstić information content (AvgIpc) is 3.23. The first kappa shape index (κ1) is 19.1. The summed E-state index contributed by atoms with van der Waals surface area (Å²) in [6.07, 6.45) is 6.77. The second-order valence-electron chi connectivity index (χ2n) is 7.87. The van der Waals surface area contributed by atoms with E-state index in [4.69, 9.17) is 9.97 Å². The van der Waals surface area contributed by atoms with Crippen LogP contribution in [0.1, 0.15) is 25.7 Å². The molecule has 0 bridgehead atoms. The second kappa shape index (κ2) is 9.30. The Bertz CT molecular complexity index is 738. The van der Waals surface area contributed by atoms with Crippen molar-refractivity contribution >= 4 is 11.8 Å². The molecule has 0 aromatic carbocycles. The Morgan fingerprint density at radius 1 is 1.04 bits per heavy atom. The summed E-state index contributed by atoms with van der Waals surface area (Å²) in [7, 11) is 2.19. The van der Waals surface area contributed by atoms with Crippen molar-refractivity contribution in [1.29, 1.82) is 0 Å². The lowest BCUT2D eigenvalue weighted by atomic mass is 10.2. The van der Waals surface area contributed by atoms with E-state index in [1.54, 1.807) is 0 Å². The van der Waals surface area contributed by atoms with Crippen LogP contribution in [0.3, 0.4) is 0 Å². The molecule has 7 nitrogen and oxygen atoms in total. The largest absolute Gasteiger partial charge is 0.369 e. The van der Waals surface area contributed by atoms with E-state index in [0.717, 1.165) is 56.5 Å². The minimum Gasteiger partial charge on any atom is -0.369 e. The van der Waals surface area contributed by atoms with E-state index in [2.05, 4.69) is 32.5 Å². The SMILES string of the molecule is CN1CCN(CCNc2cc(-c3ccccn3)nc(NC3CCCC3)n2)CC1. The van der Waals surface area contributed by atoms with Crippen molar-refractivity contribution in [3.8, 4) is 11.4 Å². The van der Waals surface area contributed by atoms with Gasteiger partial charge >= 0.3 is 0 Å². The standard InChI is InChI=1S/C21H31N7/c1-27-12-14-28(15-13-27)11-10-23-20-16-19(18-8-4-5-9-22-18)25-21(26-20)24-17-6-2-3-7-17/h4-5,8-9,16-17H,2-3,6-7,10-15H2,1H3,(H2,23,24,25,26).